The van der Waals surface area contributed by atoms with Crippen LogP contribution in [0, 0.1) is 6.92 Å². The zero-order chi connectivity index (χ0) is 12.3. The van der Waals surface area contributed by atoms with Crippen LogP contribution in [0.3, 0.4) is 0 Å². The molecule has 0 saturated carbocycles. The monoisotopic (exact) mass is 220 g/mol. The summed E-state index contributed by atoms with van der Waals surface area (Å²) >= 11 is 0. The third-order valence-electron chi connectivity index (χ3n) is 3.12. The maximum Gasteiger partial charge on any atom is 0.123 e. The molecule has 16 heavy (non-hydrogen) atoms. The fourth-order valence-corrected chi connectivity index (χ4v) is 1.46. The lowest BCUT2D eigenvalue weighted by Gasteiger charge is -2.26. The molecule has 1 aromatic carbocycles. The zero-order valence-corrected chi connectivity index (χ0v) is 11.4. The van der Waals surface area contributed by atoms with Crippen LogP contribution in [0.1, 0.15) is 58.1 Å². The summed E-state index contributed by atoms with van der Waals surface area (Å²) in [4.78, 5) is 0. The van der Waals surface area contributed by atoms with E-state index in [2.05, 4.69) is 59.7 Å². The molecule has 0 fully saturated rings. The molecule has 0 spiro atoms. The summed E-state index contributed by atoms with van der Waals surface area (Å²) in [6.07, 6.45) is 1.01. The van der Waals surface area contributed by atoms with Gasteiger partial charge in [-0.25, -0.2) is 0 Å². The van der Waals surface area contributed by atoms with Crippen LogP contribution in [-0.2, 0) is 0 Å². The second-order valence-corrected chi connectivity index (χ2v) is 5.39. The Morgan fingerprint density at radius 3 is 2.38 bits per heavy atom. The van der Waals surface area contributed by atoms with Crippen molar-refractivity contribution in [1.82, 2.24) is 0 Å². The van der Waals surface area contributed by atoms with Gasteiger partial charge in [0.15, 0.2) is 0 Å². The molecule has 0 aliphatic carbocycles. The highest BCUT2D eigenvalue weighted by atomic mass is 16.5. The molecule has 0 aliphatic rings. The van der Waals surface area contributed by atoms with E-state index in [4.69, 9.17) is 4.74 Å². The van der Waals surface area contributed by atoms with Crippen molar-refractivity contribution in [3.63, 3.8) is 0 Å². The van der Waals surface area contributed by atoms with Crippen molar-refractivity contribution in [1.29, 1.82) is 0 Å². The van der Waals surface area contributed by atoms with Crippen LogP contribution in [0.2, 0.25) is 0 Å². The molecule has 0 radical (unpaired) electrons. The van der Waals surface area contributed by atoms with E-state index in [1.54, 1.807) is 0 Å². The average Bonchev–Trinajstić information content (AvgIpc) is 2.21. The number of benzene rings is 1. The SMILES string of the molecule is CCC(C)(C)Oc1cc(C(C)C)ccc1C. The van der Waals surface area contributed by atoms with Crippen LogP contribution < -0.4 is 4.74 Å². The Hall–Kier alpha value is -0.980. The second-order valence-electron chi connectivity index (χ2n) is 5.39. The minimum Gasteiger partial charge on any atom is -0.488 e. The largest absolute Gasteiger partial charge is 0.488 e. The fraction of sp³-hybridized carbons (Fsp3) is 0.600. The number of hydrogen-bond donors (Lipinski definition) is 0. The molecule has 90 valence electrons. The van der Waals surface area contributed by atoms with Gasteiger partial charge in [0.1, 0.15) is 11.4 Å². The Balaban J connectivity index is 2.99. The first-order chi connectivity index (χ1) is 7.35. The number of rotatable bonds is 4. The molecule has 0 aromatic heterocycles. The maximum absolute atomic E-state index is 6.07. The van der Waals surface area contributed by atoms with E-state index in [1.165, 1.54) is 11.1 Å². The minimum absolute atomic E-state index is 0.0830. The molecule has 0 amide bonds. The van der Waals surface area contributed by atoms with Crippen LogP contribution in [0.4, 0.5) is 0 Å². The molecule has 1 heteroatoms. The van der Waals surface area contributed by atoms with Gasteiger partial charge in [0, 0.05) is 0 Å². The van der Waals surface area contributed by atoms with Gasteiger partial charge in [-0.3, -0.25) is 0 Å². The van der Waals surface area contributed by atoms with Gasteiger partial charge in [-0.2, -0.15) is 0 Å². The van der Waals surface area contributed by atoms with E-state index >= 15 is 0 Å². The van der Waals surface area contributed by atoms with Crippen molar-refractivity contribution in [3.8, 4) is 5.75 Å². The predicted molar refractivity (Wildman–Crippen MR) is 70.3 cm³/mol. The van der Waals surface area contributed by atoms with E-state index in [-0.39, 0.29) is 5.60 Å². The van der Waals surface area contributed by atoms with Gasteiger partial charge in [0.05, 0.1) is 0 Å². The van der Waals surface area contributed by atoms with Gasteiger partial charge >= 0.3 is 0 Å². The molecule has 0 aliphatic heterocycles. The summed E-state index contributed by atoms with van der Waals surface area (Å²) in [7, 11) is 0. The van der Waals surface area contributed by atoms with E-state index in [1.807, 2.05) is 0 Å². The molecule has 0 bridgehead atoms. The van der Waals surface area contributed by atoms with Crippen molar-refractivity contribution in [2.45, 2.75) is 59.5 Å². The summed E-state index contributed by atoms with van der Waals surface area (Å²) in [5.41, 5.74) is 2.47. The van der Waals surface area contributed by atoms with Crippen molar-refractivity contribution < 1.29 is 4.74 Å². The normalized spacial score (nSPS) is 11.9. The smallest absolute Gasteiger partial charge is 0.123 e. The molecule has 0 N–H and O–H groups in total. The van der Waals surface area contributed by atoms with Gasteiger partial charge in [-0.15, -0.1) is 0 Å². The predicted octanol–water partition coefficient (Wildman–Crippen LogP) is 4.69. The Morgan fingerprint density at radius 1 is 1.25 bits per heavy atom. The second kappa shape index (κ2) is 4.90. The van der Waals surface area contributed by atoms with Gasteiger partial charge < -0.3 is 4.74 Å². The Kier molecular flexibility index (Phi) is 4.01. The summed E-state index contributed by atoms with van der Waals surface area (Å²) in [6, 6.07) is 6.51. The molecule has 1 aromatic rings. The lowest BCUT2D eigenvalue weighted by atomic mass is 10.0. The van der Waals surface area contributed by atoms with Gasteiger partial charge in [0.25, 0.3) is 0 Å². The van der Waals surface area contributed by atoms with E-state index in [0.717, 1.165) is 12.2 Å². The average molecular weight is 220 g/mol. The van der Waals surface area contributed by atoms with Crippen LogP contribution >= 0.6 is 0 Å². The molecule has 0 atom stereocenters. The zero-order valence-electron chi connectivity index (χ0n) is 11.4. The molecule has 0 unspecified atom stereocenters. The molecule has 1 rings (SSSR count). The lowest BCUT2D eigenvalue weighted by Crippen LogP contribution is -2.27. The van der Waals surface area contributed by atoms with E-state index in [9.17, 15) is 0 Å². The quantitative estimate of drug-likeness (QED) is 0.715. The van der Waals surface area contributed by atoms with E-state index in [0.29, 0.717) is 5.92 Å². The summed E-state index contributed by atoms with van der Waals surface area (Å²) < 4.78 is 6.07. The third kappa shape index (κ3) is 3.26. The van der Waals surface area contributed by atoms with E-state index < -0.39 is 0 Å². The molecule has 1 nitrogen and oxygen atoms in total. The molecular formula is C15H24O. The highest BCUT2D eigenvalue weighted by Gasteiger charge is 2.18. The summed E-state index contributed by atoms with van der Waals surface area (Å²) in [5, 5.41) is 0. The standard InChI is InChI=1S/C15H24O/c1-7-15(5,6)16-14-10-13(11(2)3)9-8-12(14)4/h8-11H,7H2,1-6H3. The lowest BCUT2D eigenvalue weighted by molar-refractivity contribution is 0.104. The maximum atomic E-state index is 6.07. The summed E-state index contributed by atoms with van der Waals surface area (Å²) in [5.74, 6) is 1.57. The molecule has 0 saturated heterocycles. The number of aryl methyl sites for hydroxylation is 1. The number of hydrogen-bond acceptors (Lipinski definition) is 1. The van der Waals surface area contributed by atoms with Crippen molar-refractivity contribution in [2.75, 3.05) is 0 Å². The topological polar surface area (TPSA) is 9.23 Å². The Bertz CT molecular complexity index is 350. The van der Waals surface area contributed by atoms with Gasteiger partial charge in [-0.1, -0.05) is 32.9 Å². The van der Waals surface area contributed by atoms with Crippen molar-refractivity contribution >= 4 is 0 Å². The Morgan fingerprint density at radius 2 is 1.88 bits per heavy atom. The van der Waals surface area contributed by atoms with Crippen LogP contribution in [-0.4, -0.2) is 5.60 Å². The molecular weight excluding hydrogens is 196 g/mol. The first-order valence-electron chi connectivity index (χ1n) is 6.15. The minimum atomic E-state index is -0.0830. The number of ether oxygens (including phenoxy) is 1. The first-order valence-corrected chi connectivity index (χ1v) is 6.15. The summed E-state index contributed by atoms with van der Waals surface area (Å²) in [6.45, 7) is 12.9. The Labute approximate surface area is 99.8 Å². The fourth-order valence-electron chi connectivity index (χ4n) is 1.46. The van der Waals surface area contributed by atoms with Gasteiger partial charge in [-0.05, 0) is 50.3 Å². The third-order valence-corrected chi connectivity index (χ3v) is 3.12. The van der Waals surface area contributed by atoms with Crippen molar-refractivity contribution in [2.24, 2.45) is 0 Å². The van der Waals surface area contributed by atoms with Gasteiger partial charge in [0.2, 0.25) is 0 Å². The highest BCUT2D eigenvalue weighted by Crippen LogP contribution is 2.28. The molecule has 0 heterocycles. The first kappa shape index (κ1) is 13.1. The van der Waals surface area contributed by atoms with Crippen molar-refractivity contribution in [3.05, 3.63) is 29.3 Å². The van der Waals surface area contributed by atoms with Crippen LogP contribution in [0.5, 0.6) is 5.75 Å². The van der Waals surface area contributed by atoms with Crippen LogP contribution in [0.15, 0.2) is 18.2 Å². The van der Waals surface area contributed by atoms with Crippen LogP contribution in [0.25, 0.3) is 0 Å². The highest BCUT2D eigenvalue weighted by molar-refractivity contribution is 5.38.